The Balaban J connectivity index is 1.58. The quantitative estimate of drug-likeness (QED) is 0.337. The first kappa shape index (κ1) is 25.6. The molecule has 3 aromatic heterocycles. The lowest BCUT2D eigenvalue weighted by molar-refractivity contribution is 0.122. The first-order valence-corrected chi connectivity index (χ1v) is 13.2. The number of para-hydroxylation sites is 1. The van der Waals surface area contributed by atoms with Crippen LogP contribution in [0.1, 0.15) is 53.0 Å². The molecule has 1 atom stereocenters. The minimum Gasteiger partial charge on any atom is -0.378 e. The molecule has 1 saturated heterocycles. The van der Waals surface area contributed by atoms with E-state index in [0.717, 1.165) is 64.3 Å². The average Bonchev–Trinajstić information content (AvgIpc) is 2.92. The second-order valence-corrected chi connectivity index (χ2v) is 9.72. The number of anilines is 3. The molecule has 0 radical (unpaired) electrons. The molecule has 8 heteroatoms. The van der Waals surface area contributed by atoms with Gasteiger partial charge in [-0.25, -0.2) is 9.97 Å². The topological polar surface area (TPSA) is 102 Å². The number of pyridine rings is 2. The Morgan fingerprint density at radius 1 is 1.03 bits per heavy atom. The van der Waals surface area contributed by atoms with Gasteiger partial charge in [-0.15, -0.1) is 0 Å². The Morgan fingerprint density at radius 2 is 1.82 bits per heavy atom. The molecule has 1 aliphatic heterocycles. The third kappa shape index (κ3) is 5.31. The van der Waals surface area contributed by atoms with Crippen molar-refractivity contribution in [2.45, 2.75) is 40.2 Å². The van der Waals surface area contributed by atoms with Gasteiger partial charge in [-0.3, -0.25) is 4.98 Å². The minimum atomic E-state index is -0.0392. The summed E-state index contributed by atoms with van der Waals surface area (Å²) in [7, 11) is 0. The number of morpholine rings is 1. The number of aryl methyl sites for hydroxylation is 3. The molecule has 8 nitrogen and oxygen atoms in total. The summed E-state index contributed by atoms with van der Waals surface area (Å²) in [6, 6.07) is 12.5. The van der Waals surface area contributed by atoms with Gasteiger partial charge in [-0.05, 0) is 62.6 Å². The third-order valence-electron chi connectivity index (χ3n) is 7.07. The average molecular weight is 510 g/mol. The Hall–Kier alpha value is -4.04. The van der Waals surface area contributed by atoms with E-state index in [1.54, 1.807) is 6.20 Å². The van der Waals surface area contributed by atoms with Crippen LogP contribution in [-0.2, 0) is 4.74 Å². The number of ether oxygens (including phenoxy) is 1. The van der Waals surface area contributed by atoms with Crippen LogP contribution >= 0.6 is 0 Å². The van der Waals surface area contributed by atoms with Crippen molar-refractivity contribution in [2.24, 2.45) is 0 Å². The Bertz CT molecular complexity index is 1480. The Morgan fingerprint density at radius 3 is 2.58 bits per heavy atom. The molecule has 3 N–H and O–H groups in total. The van der Waals surface area contributed by atoms with E-state index < -0.39 is 0 Å². The lowest BCUT2D eigenvalue weighted by Crippen LogP contribution is -2.38. The highest BCUT2D eigenvalue weighted by Gasteiger charge is 2.24. The summed E-state index contributed by atoms with van der Waals surface area (Å²) < 4.78 is 5.64. The molecule has 0 aliphatic carbocycles. The summed E-state index contributed by atoms with van der Waals surface area (Å²) in [5.41, 5.74) is 13.2. The number of aromatic nitrogens is 4. The molecule has 0 bridgehead atoms. The summed E-state index contributed by atoms with van der Waals surface area (Å²) in [5.74, 6) is 1.94. The number of fused-ring (bicyclic) bond motifs is 1. The molecule has 196 valence electrons. The molecule has 1 aliphatic rings. The van der Waals surface area contributed by atoms with Gasteiger partial charge in [-0.2, -0.15) is 4.98 Å². The molecular weight excluding hydrogens is 474 g/mol. The van der Waals surface area contributed by atoms with Crippen molar-refractivity contribution in [3.8, 4) is 0 Å². The van der Waals surface area contributed by atoms with Crippen LogP contribution in [0.15, 0.2) is 42.6 Å². The Labute approximate surface area is 224 Å². The molecule has 0 spiro atoms. The molecule has 1 unspecified atom stereocenters. The van der Waals surface area contributed by atoms with Crippen LogP contribution in [0.3, 0.4) is 0 Å². The van der Waals surface area contributed by atoms with Crippen LogP contribution in [0.4, 0.5) is 17.6 Å². The van der Waals surface area contributed by atoms with Gasteiger partial charge in [0.2, 0.25) is 5.95 Å². The van der Waals surface area contributed by atoms with Gasteiger partial charge in [0, 0.05) is 35.8 Å². The number of benzene rings is 1. The second kappa shape index (κ2) is 11.1. The standard InChI is InChI=1S/C30H35N7O/c1-5-25(24-18-22-10-6-8-20(3)27(22)35-29(24)37-14-16-38-17-15-37)34-28-23(21(4)33-30(31)36-28)11-12-26-19(2)9-7-13-32-26/h6-13,18,25H,5,14-17H2,1-4H3,(H3,31,33,34,36)/b12-11+. The van der Waals surface area contributed by atoms with Gasteiger partial charge in [-0.1, -0.05) is 31.2 Å². The summed E-state index contributed by atoms with van der Waals surface area (Å²) in [4.78, 5) is 21.1. The number of nitrogens with zero attached hydrogens (tertiary/aromatic N) is 5. The van der Waals surface area contributed by atoms with Gasteiger partial charge < -0.3 is 20.7 Å². The normalized spacial score (nSPS) is 14.8. The van der Waals surface area contributed by atoms with Gasteiger partial charge in [0.25, 0.3) is 0 Å². The number of nitrogens with two attached hydrogens (primary N) is 1. The van der Waals surface area contributed by atoms with Crippen LogP contribution in [0, 0.1) is 20.8 Å². The van der Waals surface area contributed by atoms with E-state index in [-0.39, 0.29) is 12.0 Å². The SMILES string of the molecule is CCC(Nc1nc(N)nc(C)c1/C=C/c1ncccc1C)c1cc2cccc(C)c2nc1N1CCOCC1. The Kier molecular flexibility index (Phi) is 7.51. The van der Waals surface area contributed by atoms with E-state index in [1.165, 1.54) is 5.56 Å². The molecule has 4 heterocycles. The summed E-state index contributed by atoms with van der Waals surface area (Å²) in [5, 5.41) is 4.83. The first-order valence-electron chi connectivity index (χ1n) is 13.2. The van der Waals surface area contributed by atoms with E-state index in [4.69, 9.17) is 15.5 Å². The van der Waals surface area contributed by atoms with Gasteiger partial charge >= 0.3 is 0 Å². The zero-order valence-electron chi connectivity index (χ0n) is 22.5. The zero-order valence-corrected chi connectivity index (χ0v) is 22.5. The zero-order chi connectivity index (χ0) is 26.6. The maximum atomic E-state index is 6.12. The fourth-order valence-electron chi connectivity index (χ4n) is 4.95. The van der Waals surface area contributed by atoms with Crippen molar-refractivity contribution in [3.63, 3.8) is 0 Å². The highest BCUT2D eigenvalue weighted by molar-refractivity contribution is 5.85. The second-order valence-electron chi connectivity index (χ2n) is 9.72. The summed E-state index contributed by atoms with van der Waals surface area (Å²) in [6.07, 6.45) is 6.65. The maximum absolute atomic E-state index is 6.12. The smallest absolute Gasteiger partial charge is 0.222 e. The van der Waals surface area contributed by atoms with Crippen LogP contribution in [0.25, 0.3) is 23.1 Å². The van der Waals surface area contributed by atoms with E-state index in [2.05, 4.69) is 63.3 Å². The van der Waals surface area contributed by atoms with Gasteiger partial charge in [0.15, 0.2) is 0 Å². The number of hydrogen-bond acceptors (Lipinski definition) is 8. The van der Waals surface area contributed by atoms with Crippen LogP contribution < -0.4 is 16.0 Å². The number of hydrogen-bond donors (Lipinski definition) is 2. The monoisotopic (exact) mass is 509 g/mol. The minimum absolute atomic E-state index is 0.0392. The molecule has 4 aromatic rings. The third-order valence-corrected chi connectivity index (χ3v) is 7.07. The van der Waals surface area contributed by atoms with E-state index in [0.29, 0.717) is 19.0 Å². The van der Waals surface area contributed by atoms with Crippen molar-refractivity contribution in [1.82, 2.24) is 19.9 Å². The molecule has 0 saturated carbocycles. The molecule has 5 rings (SSSR count). The largest absolute Gasteiger partial charge is 0.378 e. The highest BCUT2D eigenvalue weighted by atomic mass is 16.5. The van der Waals surface area contributed by atoms with Crippen LogP contribution in [0.2, 0.25) is 0 Å². The number of nitrogen functional groups attached to an aromatic ring is 1. The molecule has 1 aromatic carbocycles. The fraction of sp³-hybridized carbons (Fsp3) is 0.333. The van der Waals surface area contributed by atoms with Gasteiger partial charge in [0.05, 0.1) is 36.2 Å². The fourth-order valence-corrected chi connectivity index (χ4v) is 4.95. The highest BCUT2D eigenvalue weighted by Crippen LogP contribution is 2.35. The maximum Gasteiger partial charge on any atom is 0.222 e. The van der Waals surface area contributed by atoms with E-state index in [1.807, 2.05) is 38.1 Å². The van der Waals surface area contributed by atoms with Crippen molar-refractivity contribution in [1.29, 1.82) is 0 Å². The predicted molar refractivity (Wildman–Crippen MR) is 155 cm³/mol. The lowest BCUT2D eigenvalue weighted by Gasteiger charge is -2.32. The molecule has 1 fully saturated rings. The number of nitrogens with one attached hydrogen (secondary N) is 1. The van der Waals surface area contributed by atoms with Crippen LogP contribution in [-0.4, -0.2) is 46.2 Å². The predicted octanol–water partition coefficient (Wildman–Crippen LogP) is 5.50. The van der Waals surface area contributed by atoms with Crippen molar-refractivity contribution in [2.75, 3.05) is 42.3 Å². The van der Waals surface area contributed by atoms with Gasteiger partial charge in [0.1, 0.15) is 11.6 Å². The lowest BCUT2D eigenvalue weighted by atomic mass is 10.00. The first-order chi connectivity index (χ1) is 18.4. The molecule has 38 heavy (non-hydrogen) atoms. The summed E-state index contributed by atoms with van der Waals surface area (Å²) >= 11 is 0. The summed E-state index contributed by atoms with van der Waals surface area (Å²) in [6.45, 7) is 11.3. The van der Waals surface area contributed by atoms with Crippen molar-refractivity contribution in [3.05, 3.63) is 76.2 Å². The van der Waals surface area contributed by atoms with Crippen molar-refractivity contribution < 1.29 is 4.74 Å². The van der Waals surface area contributed by atoms with Crippen molar-refractivity contribution >= 4 is 40.6 Å². The van der Waals surface area contributed by atoms with Crippen LogP contribution in [0.5, 0.6) is 0 Å². The van der Waals surface area contributed by atoms with E-state index in [9.17, 15) is 0 Å². The van der Waals surface area contributed by atoms with E-state index >= 15 is 0 Å². The molecule has 0 amide bonds. The number of rotatable bonds is 7. The molecular formula is C30H35N7O.